The molecule has 7 heteroatoms. The number of nitrogens with zero attached hydrogens (tertiary/aromatic N) is 3. The van der Waals surface area contributed by atoms with Crippen molar-refractivity contribution in [1.29, 1.82) is 0 Å². The second-order valence-electron chi connectivity index (χ2n) is 4.88. The van der Waals surface area contributed by atoms with E-state index in [1.165, 1.54) is 19.2 Å². The molecule has 1 heterocycles. The van der Waals surface area contributed by atoms with E-state index in [4.69, 9.17) is 0 Å². The first-order valence-corrected chi connectivity index (χ1v) is 6.26. The maximum absolute atomic E-state index is 11.5. The van der Waals surface area contributed by atoms with Gasteiger partial charge in [-0.3, -0.25) is 10.1 Å². The van der Waals surface area contributed by atoms with Crippen LogP contribution in [0.5, 0.6) is 0 Å². The van der Waals surface area contributed by atoms with Crippen molar-refractivity contribution in [2.24, 2.45) is 5.92 Å². The van der Waals surface area contributed by atoms with E-state index in [1.54, 1.807) is 11.9 Å². The van der Waals surface area contributed by atoms with E-state index in [-0.39, 0.29) is 29.2 Å². The third-order valence-corrected chi connectivity index (χ3v) is 3.36. The summed E-state index contributed by atoms with van der Waals surface area (Å²) >= 11 is 0. The van der Waals surface area contributed by atoms with Gasteiger partial charge in [0.05, 0.1) is 12.0 Å². The first-order valence-electron chi connectivity index (χ1n) is 6.26. The van der Waals surface area contributed by atoms with Crippen LogP contribution in [0.25, 0.3) is 0 Å². The lowest BCUT2D eigenvalue weighted by molar-refractivity contribution is -0.384. The van der Waals surface area contributed by atoms with Gasteiger partial charge >= 0.3 is 11.7 Å². The molecule has 7 nitrogen and oxygen atoms in total. The molecule has 0 aliphatic heterocycles. The van der Waals surface area contributed by atoms with Crippen molar-refractivity contribution in [1.82, 2.24) is 4.98 Å². The maximum atomic E-state index is 11.5. The van der Waals surface area contributed by atoms with Crippen LogP contribution in [-0.4, -0.2) is 36.1 Å². The highest BCUT2D eigenvalue weighted by atomic mass is 16.6. The van der Waals surface area contributed by atoms with Gasteiger partial charge in [-0.05, 0) is 18.9 Å². The number of anilines is 1. The molecule has 0 aliphatic rings. The van der Waals surface area contributed by atoms with Gasteiger partial charge in [0, 0.05) is 19.2 Å². The number of methoxy groups -OCH3 is 1. The summed E-state index contributed by atoms with van der Waals surface area (Å²) in [5.41, 5.74) is -0.0800. The number of nitro groups is 1. The highest BCUT2D eigenvalue weighted by molar-refractivity contribution is 5.88. The fourth-order valence-corrected chi connectivity index (χ4v) is 1.70. The fourth-order valence-electron chi connectivity index (χ4n) is 1.70. The topological polar surface area (TPSA) is 85.6 Å². The van der Waals surface area contributed by atoms with E-state index < -0.39 is 10.9 Å². The number of hydrogen-bond acceptors (Lipinski definition) is 6. The van der Waals surface area contributed by atoms with Gasteiger partial charge in [-0.1, -0.05) is 13.8 Å². The first-order chi connectivity index (χ1) is 9.29. The van der Waals surface area contributed by atoms with Gasteiger partial charge in [-0.25, -0.2) is 9.78 Å². The van der Waals surface area contributed by atoms with E-state index in [0.29, 0.717) is 0 Å². The van der Waals surface area contributed by atoms with Crippen LogP contribution in [0.1, 0.15) is 31.3 Å². The molecule has 0 N–H and O–H groups in total. The predicted molar refractivity (Wildman–Crippen MR) is 74.9 cm³/mol. The van der Waals surface area contributed by atoms with Crippen molar-refractivity contribution in [2.45, 2.75) is 26.8 Å². The Morgan fingerprint density at radius 2 is 2.00 bits per heavy atom. The van der Waals surface area contributed by atoms with Crippen LogP contribution in [0.2, 0.25) is 0 Å². The molecule has 0 fully saturated rings. The molecule has 1 aromatic heterocycles. The Balaban J connectivity index is 3.32. The number of hydrogen-bond donors (Lipinski definition) is 0. The number of carbonyl (C=O) groups excluding carboxylic acids is 1. The lowest BCUT2D eigenvalue weighted by Gasteiger charge is -2.28. The zero-order chi connectivity index (χ0) is 15.4. The molecule has 1 unspecified atom stereocenters. The molecular weight excluding hydrogens is 262 g/mol. The zero-order valence-electron chi connectivity index (χ0n) is 12.3. The molecule has 20 heavy (non-hydrogen) atoms. The largest absolute Gasteiger partial charge is 0.464 e. The number of ether oxygens (including phenoxy) is 1. The standard InChI is InChI=1S/C13H19N3O4/c1-8(2)9(3)15(4)12-11(16(18)19)7-6-10(14-12)13(17)20-5/h6-9H,1-5H3. The van der Waals surface area contributed by atoms with E-state index >= 15 is 0 Å². The molecule has 0 spiro atoms. The quantitative estimate of drug-likeness (QED) is 0.467. The average Bonchev–Trinajstić information content (AvgIpc) is 2.43. The maximum Gasteiger partial charge on any atom is 0.356 e. The highest BCUT2D eigenvalue weighted by Gasteiger charge is 2.25. The molecular formula is C13H19N3O4. The van der Waals surface area contributed by atoms with E-state index in [2.05, 4.69) is 9.72 Å². The zero-order valence-corrected chi connectivity index (χ0v) is 12.3. The van der Waals surface area contributed by atoms with Crippen LogP contribution in [0.15, 0.2) is 12.1 Å². The molecule has 0 aliphatic carbocycles. The van der Waals surface area contributed by atoms with E-state index in [9.17, 15) is 14.9 Å². The van der Waals surface area contributed by atoms with Gasteiger partial charge in [0.25, 0.3) is 0 Å². The monoisotopic (exact) mass is 281 g/mol. The summed E-state index contributed by atoms with van der Waals surface area (Å²) in [4.78, 5) is 27.9. The number of rotatable bonds is 5. The summed E-state index contributed by atoms with van der Waals surface area (Å²) < 4.78 is 4.59. The SMILES string of the molecule is COC(=O)c1ccc([N+](=O)[O-])c(N(C)C(C)C(C)C)n1. The van der Waals surface area contributed by atoms with Crippen LogP contribution < -0.4 is 4.90 Å². The normalized spacial score (nSPS) is 12.1. The van der Waals surface area contributed by atoms with Crippen molar-refractivity contribution >= 4 is 17.5 Å². The van der Waals surface area contributed by atoms with Crippen LogP contribution in [0, 0.1) is 16.0 Å². The Morgan fingerprint density at radius 1 is 1.40 bits per heavy atom. The second kappa shape index (κ2) is 6.31. The number of pyridine rings is 1. The summed E-state index contributed by atoms with van der Waals surface area (Å²) in [6, 6.07) is 2.61. The molecule has 1 rings (SSSR count). The molecule has 0 radical (unpaired) electrons. The number of esters is 1. The predicted octanol–water partition coefficient (Wildman–Crippen LogP) is 2.26. The Kier molecular flexibility index (Phi) is 5.01. The van der Waals surface area contributed by atoms with Crippen molar-refractivity contribution in [2.75, 3.05) is 19.1 Å². The lowest BCUT2D eigenvalue weighted by Crippen LogP contribution is -2.34. The first kappa shape index (κ1) is 15.9. The number of aromatic nitrogens is 1. The lowest BCUT2D eigenvalue weighted by atomic mass is 10.1. The van der Waals surface area contributed by atoms with Gasteiger partial charge in [0.1, 0.15) is 0 Å². The van der Waals surface area contributed by atoms with Crippen molar-refractivity contribution in [3.8, 4) is 0 Å². The summed E-state index contributed by atoms with van der Waals surface area (Å²) in [6.45, 7) is 5.97. The third-order valence-electron chi connectivity index (χ3n) is 3.36. The van der Waals surface area contributed by atoms with Crippen molar-refractivity contribution in [3.05, 3.63) is 27.9 Å². The molecule has 1 aromatic rings. The van der Waals surface area contributed by atoms with Crippen LogP contribution >= 0.6 is 0 Å². The number of carbonyl (C=O) groups is 1. The third kappa shape index (κ3) is 3.23. The van der Waals surface area contributed by atoms with Crippen LogP contribution in [-0.2, 0) is 4.74 Å². The minimum Gasteiger partial charge on any atom is -0.464 e. The van der Waals surface area contributed by atoms with Gasteiger partial charge in [0.15, 0.2) is 5.69 Å². The van der Waals surface area contributed by atoms with Gasteiger partial charge < -0.3 is 9.64 Å². The van der Waals surface area contributed by atoms with E-state index in [1.807, 2.05) is 20.8 Å². The highest BCUT2D eigenvalue weighted by Crippen LogP contribution is 2.28. The molecule has 1 atom stereocenters. The molecule has 110 valence electrons. The van der Waals surface area contributed by atoms with Crippen LogP contribution in [0.4, 0.5) is 11.5 Å². The van der Waals surface area contributed by atoms with Gasteiger partial charge in [-0.2, -0.15) is 0 Å². The molecule has 0 amide bonds. The Labute approximate surface area is 117 Å². The minimum absolute atomic E-state index is 0.0362. The molecule has 0 saturated heterocycles. The summed E-state index contributed by atoms with van der Waals surface area (Å²) in [5, 5.41) is 11.1. The smallest absolute Gasteiger partial charge is 0.356 e. The Hall–Kier alpha value is -2.18. The van der Waals surface area contributed by atoms with Crippen molar-refractivity contribution in [3.63, 3.8) is 0 Å². The van der Waals surface area contributed by atoms with Gasteiger partial charge in [-0.15, -0.1) is 0 Å². The van der Waals surface area contributed by atoms with Crippen LogP contribution in [0.3, 0.4) is 0 Å². The summed E-state index contributed by atoms with van der Waals surface area (Å²) in [7, 11) is 2.96. The molecule has 0 bridgehead atoms. The van der Waals surface area contributed by atoms with Crippen molar-refractivity contribution < 1.29 is 14.5 Å². The average molecular weight is 281 g/mol. The van der Waals surface area contributed by atoms with E-state index in [0.717, 1.165) is 0 Å². The Morgan fingerprint density at radius 3 is 2.45 bits per heavy atom. The fraction of sp³-hybridized carbons (Fsp3) is 0.538. The molecule has 0 aromatic carbocycles. The molecule has 0 saturated carbocycles. The summed E-state index contributed by atoms with van der Waals surface area (Å²) in [5.74, 6) is -0.172. The summed E-state index contributed by atoms with van der Waals surface area (Å²) in [6.07, 6.45) is 0. The van der Waals surface area contributed by atoms with Gasteiger partial charge in [0.2, 0.25) is 5.82 Å². The minimum atomic E-state index is -0.619. The second-order valence-corrected chi connectivity index (χ2v) is 4.88. The Bertz CT molecular complexity index is 516.